The van der Waals surface area contributed by atoms with Crippen LogP contribution in [0.1, 0.15) is 30.5 Å². The van der Waals surface area contributed by atoms with E-state index in [0.29, 0.717) is 22.2 Å². The maximum atomic E-state index is 12.6. The van der Waals surface area contributed by atoms with Crippen molar-refractivity contribution in [2.45, 2.75) is 26.9 Å². The Morgan fingerprint density at radius 1 is 0.943 bits per heavy atom. The van der Waals surface area contributed by atoms with Crippen molar-refractivity contribution < 1.29 is 19.4 Å². The molecule has 178 valence electrons. The Hall–Kier alpha value is -3.77. The SMILES string of the molecule is CCOC(=O)C1=C(O)C(=Cc2ccc(OCc3ccccc3)cc2)SC1=Nc1ccc(CC)cc1. The van der Waals surface area contributed by atoms with Crippen LogP contribution in [-0.4, -0.2) is 22.7 Å². The zero-order valence-corrected chi connectivity index (χ0v) is 20.5. The average Bonchev–Trinajstić information content (AvgIpc) is 3.19. The molecule has 0 radical (unpaired) electrons. The van der Waals surface area contributed by atoms with Crippen molar-refractivity contribution >= 4 is 34.5 Å². The summed E-state index contributed by atoms with van der Waals surface area (Å²) >= 11 is 1.25. The van der Waals surface area contributed by atoms with E-state index in [2.05, 4.69) is 11.9 Å². The van der Waals surface area contributed by atoms with Gasteiger partial charge >= 0.3 is 5.97 Å². The number of benzene rings is 3. The zero-order chi connectivity index (χ0) is 24.6. The summed E-state index contributed by atoms with van der Waals surface area (Å²) in [6.07, 6.45) is 2.76. The van der Waals surface area contributed by atoms with Crippen LogP contribution in [0, 0.1) is 0 Å². The van der Waals surface area contributed by atoms with Gasteiger partial charge in [0.05, 0.1) is 17.2 Å². The van der Waals surface area contributed by atoms with Gasteiger partial charge in [-0.2, -0.15) is 0 Å². The van der Waals surface area contributed by atoms with E-state index in [9.17, 15) is 9.90 Å². The Balaban J connectivity index is 1.55. The molecule has 0 spiro atoms. The number of hydrogen-bond acceptors (Lipinski definition) is 6. The minimum absolute atomic E-state index is 0.0884. The molecule has 35 heavy (non-hydrogen) atoms. The second-order valence-corrected chi connectivity index (χ2v) is 8.87. The molecule has 3 aromatic carbocycles. The fourth-order valence-corrected chi connectivity index (χ4v) is 4.50. The predicted molar refractivity (Wildman–Crippen MR) is 142 cm³/mol. The van der Waals surface area contributed by atoms with Crippen molar-refractivity contribution in [1.82, 2.24) is 0 Å². The van der Waals surface area contributed by atoms with Crippen LogP contribution in [0.4, 0.5) is 5.69 Å². The highest BCUT2D eigenvalue weighted by Crippen LogP contribution is 2.40. The van der Waals surface area contributed by atoms with Crippen molar-refractivity contribution in [3.05, 3.63) is 112 Å². The van der Waals surface area contributed by atoms with Gasteiger partial charge in [0.25, 0.3) is 0 Å². The van der Waals surface area contributed by atoms with Crippen molar-refractivity contribution in [3.63, 3.8) is 0 Å². The van der Waals surface area contributed by atoms with Crippen LogP contribution in [0.3, 0.4) is 0 Å². The van der Waals surface area contributed by atoms with E-state index in [-0.39, 0.29) is 17.9 Å². The molecule has 4 rings (SSSR count). The summed E-state index contributed by atoms with van der Waals surface area (Å²) in [6.45, 7) is 4.52. The molecule has 1 aliphatic heterocycles. The first-order chi connectivity index (χ1) is 17.1. The van der Waals surface area contributed by atoms with Gasteiger partial charge < -0.3 is 14.6 Å². The number of aliphatic imine (C=N–C) groups is 1. The number of hydrogen-bond donors (Lipinski definition) is 1. The molecule has 0 amide bonds. The first kappa shape index (κ1) is 24.4. The summed E-state index contributed by atoms with van der Waals surface area (Å²) < 4.78 is 11.0. The normalized spacial score (nSPS) is 15.6. The summed E-state index contributed by atoms with van der Waals surface area (Å²) in [7, 11) is 0. The van der Waals surface area contributed by atoms with Crippen LogP contribution in [0.25, 0.3) is 6.08 Å². The lowest BCUT2D eigenvalue weighted by molar-refractivity contribution is -0.138. The quantitative estimate of drug-likeness (QED) is 0.347. The third-order valence-corrected chi connectivity index (χ3v) is 6.39. The maximum absolute atomic E-state index is 12.6. The number of aliphatic hydroxyl groups excluding tert-OH is 1. The van der Waals surface area contributed by atoms with Gasteiger partial charge in [0.15, 0.2) is 0 Å². The minimum atomic E-state index is -0.588. The largest absolute Gasteiger partial charge is 0.506 e. The minimum Gasteiger partial charge on any atom is -0.506 e. The van der Waals surface area contributed by atoms with Crippen LogP contribution < -0.4 is 4.74 Å². The Morgan fingerprint density at radius 2 is 1.66 bits per heavy atom. The van der Waals surface area contributed by atoms with E-state index >= 15 is 0 Å². The number of carbonyl (C=O) groups excluding carboxylic acids is 1. The molecule has 0 atom stereocenters. The Kier molecular flexibility index (Phi) is 8.06. The van der Waals surface area contributed by atoms with Gasteiger partial charge in [0.1, 0.15) is 28.7 Å². The highest BCUT2D eigenvalue weighted by molar-refractivity contribution is 8.18. The first-order valence-corrected chi connectivity index (χ1v) is 12.3. The molecule has 0 aromatic heterocycles. The fraction of sp³-hybridized carbons (Fsp3) is 0.172. The standard InChI is InChI=1S/C29H27NO4S/c1-3-20-10-14-23(15-11-20)30-28-26(29(32)33-4-2)27(31)25(35-28)18-21-12-16-24(17-13-21)34-19-22-8-6-5-7-9-22/h5-18,31H,3-4,19H2,1-2H3. The van der Waals surface area contributed by atoms with E-state index < -0.39 is 5.97 Å². The van der Waals surface area contributed by atoms with Crippen molar-refractivity contribution in [1.29, 1.82) is 0 Å². The smallest absolute Gasteiger partial charge is 0.344 e. The van der Waals surface area contributed by atoms with E-state index in [1.165, 1.54) is 17.3 Å². The van der Waals surface area contributed by atoms with Crippen molar-refractivity contribution in [2.24, 2.45) is 4.99 Å². The molecule has 1 heterocycles. The van der Waals surface area contributed by atoms with Crippen molar-refractivity contribution in [3.8, 4) is 5.75 Å². The molecule has 0 saturated heterocycles. The number of esters is 1. The van der Waals surface area contributed by atoms with Crippen molar-refractivity contribution in [2.75, 3.05) is 6.61 Å². The molecule has 0 unspecified atom stereocenters. The van der Waals surface area contributed by atoms with Gasteiger partial charge in [-0.25, -0.2) is 9.79 Å². The second kappa shape index (κ2) is 11.6. The molecular weight excluding hydrogens is 458 g/mol. The highest BCUT2D eigenvalue weighted by Gasteiger charge is 2.33. The molecule has 0 aliphatic carbocycles. The summed E-state index contributed by atoms with van der Waals surface area (Å²) in [5.74, 6) is 0.0381. The molecule has 6 heteroatoms. The number of carbonyl (C=O) groups is 1. The third-order valence-electron chi connectivity index (χ3n) is 5.37. The summed E-state index contributed by atoms with van der Waals surface area (Å²) in [5, 5.41) is 11.3. The molecule has 0 saturated carbocycles. The Bertz CT molecular complexity index is 1260. The molecule has 0 bridgehead atoms. The van der Waals surface area contributed by atoms with Gasteiger partial charge in [0.2, 0.25) is 0 Å². The number of rotatable bonds is 8. The van der Waals surface area contributed by atoms with E-state index in [0.717, 1.165) is 23.3 Å². The van der Waals surface area contributed by atoms with Crippen LogP contribution in [-0.2, 0) is 22.6 Å². The summed E-state index contributed by atoms with van der Waals surface area (Å²) in [5.41, 5.74) is 3.96. The van der Waals surface area contributed by atoms with Crippen LogP contribution in [0.15, 0.2) is 100 Å². The number of aryl methyl sites for hydroxylation is 1. The van der Waals surface area contributed by atoms with Gasteiger partial charge in [-0.05, 0) is 60.4 Å². The van der Waals surface area contributed by atoms with Crippen LogP contribution in [0.2, 0.25) is 0 Å². The highest BCUT2D eigenvalue weighted by atomic mass is 32.2. The lowest BCUT2D eigenvalue weighted by atomic mass is 10.1. The van der Waals surface area contributed by atoms with Gasteiger partial charge in [-0.3, -0.25) is 0 Å². The van der Waals surface area contributed by atoms with Crippen LogP contribution in [0.5, 0.6) is 5.75 Å². The molecule has 0 fully saturated rings. The van der Waals surface area contributed by atoms with E-state index in [4.69, 9.17) is 9.47 Å². The average molecular weight is 486 g/mol. The molecule has 5 nitrogen and oxygen atoms in total. The van der Waals surface area contributed by atoms with Gasteiger partial charge in [-0.1, -0.05) is 73.3 Å². The Labute approximate surface area is 209 Å². The predicted octanol–water partition coefficient (Wildman–Crippen LogP) is 7.02. The number of ether oxygens (including phenoxy) is 2. The van der Waals surface area contributed by atoms with Crippen LogP contribution >= 0.6 is 11.8 Å². The zero-order valence-electron chi connectivity index (χ0n) is 19.7. The monoisotopic (exact) mass is 485 g/mol. The van der Waals surface area contributed by atoms with E-state index in [1.807, 2.05) is 84.9 Å². The molecule has 1 aliphatic rings. The molecule has 1 N–H and O–H groups in total. The summed E-state index contributed by atoms with van der Waals surface area (Å²) in [6, 6.07) is 25.4. The first-order valence-electron chi connectivity index (χ1n) is 11.5. The molecule has 3 aromatic rings. The second-order valence-electron chi connectivity index (χ2n) is 7.83. The third kappa shape index (κ3) is 6.22. The topological polar surface area (TPSA) is 68.1 Å². The number of thioether (sulfide) groups is 1. The van der Waals surface area contributed by atoms with Gasteiger partial charge in [0, 0.05) is 0 Å². The Morgan fingerprint density at radius 3 is 2.31 bits per heavy atom. The lowest BCUT2D eigenvalue weighted by Crippen LogP contribution is -2.12. The number of aliphatic hydroxyl groups is 1. The number of nitrogens with zero attached hydrogens (tertiary/aromatic N) is 1. The molecular formula is C29H27NO4S. The lowest BCUT2D eigenvalue weighted by Gasteiger charge is -2.06. The fourth-order valence-electron chi connectivity index (χ4n) is 3.47. The summed E-state index contributed by atoms with van der Waals surface area (Å²) in [4.78, 5) is 17.8. The van der Waals surface area contributed by atoms with Gasteiger partial charge in [-0.15, -0.1) is 0 Å². The van der Waals surface area contributed by atoms with E-state index in [1.54, 1.807) is 6.92 Å². The maximum Gasteiger partial charge on any atom is 0.344 e.